The maximum atomic E-state index is 12.4. The number of carbonyl (C=O) groups excluding carboxylic acids is 1. The van der Waals surface area contributed by atoms with Crippen molar-refractivity contribution in [3.63, 3.8) is 0 Å². The van der Waals surface area contributed by atoms with Gasteiger partial charge in [0, 0.05) is 24.7 Å². The molecule has 1 saturated carbocycles. The van der Waals surface area contributed by atoms with Gasteiger partial charge in [-0.15, -0.1) is 12.4 Å². The molecule has 158 valence electrons. The van der Waals surface area contributed by atoms with Gasteiger partial charge in [0.1, 0.15) is 5.75 Å². The summed E-state index contributed by atoms with van der Waals surface area (Å²) in [6, 6.07) is 16.1. The van der Waals surface area contributed by atoms with Crippen molar-refractivity contribution in [2.75, 3.05) is 21.1 Å². The molecule has 0 unspecified atom stereocenters. The van der Waals surface area contributed by atoms with E-state index >= 15 is 0 Å². The molecule has 29 heavy (non-hydrogen) atoms. The number of benzene rings is 2. The van der Waals surface area contributed by atoms with Gasteiger partial charge in [0.25, 0.3) is 0 Å². The minimum Gasteiger partial charge on any atom is -0.410 e. The van der Waals surface area contributed by atoms with Gasteiger partial charge in [-0.2, -0.15) is 0 Å². The average molecular weight is 437 g/mol. The fourth-order valence-corrected chi connectivity index (χ4v) is 4.01. The van der Waals surface area contributed by atoms with Gasteiger partial charge in [-0.1, -0.05) is 35.9 Å². The minimum atomic E-state index is -0.307. The van der Waals surface area contributed by atoms with E-state index in [9.17, 15) is 4.79 Å². The van der Waals surface area contributed by atoms with Crippen LogP contribution in [0.5, 0.6) is 5.75 Å². The van der Waals surface area contributed by atoms with Gasteiger partial charge in [-0.3, -0.25) is 0 Å². The molecule has 1 amide bonds. The van der Waals surface area contributed by atoms with Crippen LogP contribution in [0.4, 0.5) is 4.79 Å². The number of rotatable bonds is 5. The van der Waals surface area contributed by atoms with Crippen LogP contribution in [0.3, 0.4) is 0 Å². The van der Waals surface area contributed by atoms with E-state index in [-0.39, 0.29) is 24.5 Å². The summed E-state index contributed by atoms with van der Waals surface area (Å²) in [7, 11) is 6.01. The molecule has 0 saturated heterocycles. The van der Waals surface area contributed by atoms with Crippen molar-refractivity contribution < 1.29 is 9.53 Å². The molecule has 0 bridgehead atoms. The zero-order valence-corrected chi connectivity index (χ0v) is 18.9. The highest BCUT2D eigenvalue weighted by molar-refractivity contribution is 6.30. The van der Waals surface area contributed by atoms with Crippen molar-refractivity contribution in [2.45, 2.75) is 44.2 Å². The summed E-state index contributed by atoms with van der Waals surface area (Å²) in [6.45, 7) is 0.966. The van der Waals surface area contributed by atoms with Crippen molar-refractivity contribution in [3.05, 3.63) is 64.7 Å². The molecule has 6 heteroatoms. The van der Waals surface area contributed by atoms with Crippen LogP contribution < -0.4 is 4.74 Å². The SMILES string of the molecule is CN(C)Cc1ccc(C2CCC(N(C)C(=O)Oc3ccc(Cl)cc3)CC2)cc1.Cl. The Morgan fingerprint density at radius 1 is 0.966 bits per heavy atom. The third-order valence-electron chi connectivity index (χ3n) is 5.50. The van der Waals surface area contributed by atoms with Crippen LogP contribution >= 0.6 is 24.0 Å². The maximum absolute atomic E-state index is 12.4. The van der Waals surface area contributed by atoms with E-state index in [0.717, 1.165) is 32.2 Å². The Morgan fingerprint density at radius 3 is 2.10 bits per heavy atom. The second kappa shape index (κ2) is 10.9. The number of hydrogen-bond donors (Lipinski definition) is 0. The topological polar surface area (TPSA) is 32.8 Å². The normalized spacial score (nSPS) is 18.8. The molecule has 4 nitrogen and oxygen atoms in total. The molecule has 2 aromatic rings. The van der Waals surface area contributed by atoms with Crippen LogP contribution in [0.1, 0.15) is 42.7 Å². The third kappa shape index (κ3) is 6.63. The van der Waals surface area contributed by atoms with Crippen LogP contribution in [-0.2, 0) is 6.54 Å². The van der Waals surface area contributed by atoms with E-state index in [1.54, 1.807) is 29.2 Å². The summed E-state index contributed by atoms with van der Waals surface area (Å²) in [4.78, 5) is 16.4. The number of halogens is 2. The van der Waals surface area contributed by atoms with Crippen molar-refractivity contribution >= 4 is 30.1 Å². The third-order valence-corrected chi connectivity index (χ3v) is 5.75. The highest BCUT2D eigenvalue weighted by atomic mass is 35.5. The Morgan fingerprint density at radius 2 is 1.55 bits per heavy atom. The highest BCUT2D eigenvalue weighted by Crippen LogP contribution is 2.35. The second-order valence-corrected chi connectivity index (χ2v) is 8.35. The second-order valence-electron chi connectivity index (χ2n) is 7.92. The van der Waals surface area contributed by atoms with Crippen LogP contribution in [0, 0.1) is 0 Å². The molecule has 0 spiro atoms. The molecule has 0 aromatic heterocycles. The van der Waals surface area contributed by atoms with E-state index in [1.807, 2.05) is 7.05 Å². The molecule has 1 aliphatic carbocycles. The molecule has 3 rings (SSSR count). The Kier molecular flexibility index (Phi) is 8.81. The lowest BCUT2D eigenvalue weighted by molar-refractivity contribution is 0.130. The summed E-state index contributed by atoms with van der Waals surface area (Å²) < 4.78 is 5.47. The Hall–Kier alpha value is -1.75. The molecular weight excluding hydrogens is 407 g/mol. The van der Waals surface area contributed by atoms with Crippen LogP contribution in [0.25, 0.3) is 0 Å². The van der Waals surface area contributed by atoms with Gasteiger partial charge < -0.3 is 14.5 Å². The largest absolute Gasteiger partial charge is 0.415 e. The predicted molar refractivity (Wildman–Crippen MR) is 121 cm³/mol. The quantitative estimate of drug-likeness (QED) is 0.577. The summed E-state index contributed by atoms with van der Waals surface area (Å²) in [5.74, 6) is 1.10. The molecular formula is C23H30Cl2N2O2. The Bertz CT molecular complexity index is 770. The van der Waals surface area contributed by atoms with Crippen molar-refractivity contribution in [1.82, 2.24) is 9.80 Å². The zero-order valence-electron chi connectivity index (χ0n) is 17.3. The fraction of sp³-hybridized carbons (Fsp3) is 0.435. The number of ether oxygens (including phenoxy) is 1. The lowest BCUT2D eigenvalue weighted by atomic mass is 9.81. The van der Waals surface area contributed by atoms with Gasteiger partial charge in [0.05, 0.1) is 0 Å². The first-order valence-electron chi connectivity index (χ1n) is 9.86. The molecule has 0 aliphatic heterocycles. The van der Waals surface area contributed by atoms with Crippen molar-refractivity contribution in [1.29, 1.82) is 0 Å². The van der Waals surface area contributed by atoms with E-state index in [1.165, 1.54) is 11.1 Å². The molecule has 1 fully saturated rings. The van der Waals surface area contributed by atoms with Gasteiger partial charge in [0.2, 0.25) is 0 Å². The van der Waals surface area contributed by atoms with Gasteiger partial charge >= 0.3 is 6.09 Å². The number of carbonyl (C=O) groups is 1. The van der Waals surface area contributed by atoms with Gasteiger partial charge in [0.15, 0.2) is 0 Å². The zero-order chi connectivity index (χ0) is 20.1. The monoisotopic (exact) mass is 436 g/mol. The van der Waals surface area contributed by atoms with E-state index < -0.39 is 0 Å². The molecule has 0 heterocycles. The van der Waals surface area contributed by atoms with Crippen LogP contribution in [0.2, 0.25) is 5.02 Å². The van der Waals surface area contributed by atoms with Crippen molar-refractivity contribution in [2.24, 2.45) is 0 Å². The molecule has 1 aliphatic rings. The lowest BCUT2D eigenvalue weighted by Gasteiger charge is -2.34. The molecule has 0 radical (unpaired) electrons. The van der Waals surface area contributed by atoms with Crippen molar-refractivity contribution in [3.8, 4) is 5.75 Å². The van der Waals surface area contributed by atoms with Gasteiger partial charge in [-0.25, -0.2) is 4.79 Å². The molecule has 0 N–H and O–H groups in total. The maximum Gasteiger partial charge on any atom is 0.415 e. The number of hydrogen-bond acceptors (Lipinski definition) is 3. The highest BCUT2D eigenvalue weighted by Gasteiger charge is 2.28. The first-order chi connectivity index (χ1) is 13.4. The fourth-order valence-electron chi connectivity index (χ4n) is 3.88. The number of nitrogens with zero attached hydrogens (tertiary/aromatic N) is 2. The van der Waals surface area contributed by atoms with E-state index in [0.29, 0.717) is 16.7 Å². The molecule has 0 atom stereocenters. The van der Waals surface area contributed by atoms with E-state index in [2.05, 4.69) is 43.3 Å². The van der Waals surface area contributed by atoms with E-state index in [4.69, 9.17) is 16.3 Å². The van der Waals surface area contributed by atoms with Crippen LogP contribution in [0.15, 0.2) is 48.5 Å². The van der Waals surface area contributed by atoms with Crippen LogP contribution in [-0.4, -0.2) is 43.1 Å². The Labute approximate surface area is 185 Å². The summed E-state index contributed by atoms with van der Waals surface area (Å²) >= 11 is 5.87. The number of amides is 1. The first-order valence-corrected chi connectivity index (χ1v) is 10.2. The Balaban J connectivity index is 0.00000300. The smallest absolute Gasteiger partial charge is 0.410 e. The lowest BCUT2D eigenvalue weighted by Crippen LogP contribution is -2.40. The predicted octanol–water partition coefficient (Wildman–Crippen LogP) is 5.98. The standard InChI is InChI=1S/C23H29ClN2O2.ClH/c1-25(2)16-17-4-6-18(7-5-17)19-8-12-21(13-9-19)26(3)23(27)28-22-14-10-20(24)11-15-22;/h4-7,10-11,14-15,19,21H,8-9,12-13,16H2,1-3H3;1H. The average Bonchev–Trinajstić information content (AvgIpc) is 2.69. The summed E-state index contributed by atoms with van der Waals surface area (Å²) in [5, 5.41) is 0.626. The first kappa shape index (κ1) is 23.5. The summed E-state index contributed by atoms with van der Waals surface area (Å²) in [6.07, 6.45) is 3.87. The van der Waals surface area contributed by atoms with Gasteiger partial charge in [-0.05, 0) is 81.1 Å². The minimum absolute atomic E-state index is 0. The molecule has 2 aromatic carbocycles. The summed E-state index contributed by atoms with van der Waals surface area (Å²) in [5.41, 5.74) is 2.75.